The van der Waals surface area contributed by atoms with E-state index >= 15 is 0 Å². The van der Waals surface area contributed by atoms with Crippen LogP contribution in [0, 0.1) is 5.92 Å². The Morgan fingerprint density at radius 3 is 2.19 bits per heavy atom. The molecule has 2 N–H and O–H groups in total. The SMILES string of the molecule is CCn1c(=O)c2c(nc(CN)n2CC)n(CC(C)C)c1=O. The average molecular weight is 293 g/mol. The van der Waals surface area contributed by atoms with Crippen LogP contribution in [0.4, 0.5) is 0 Å². The van der Waals surface area contributed by atoms with Crippen molar-refractivity contribution in [2.75, 3.05) is 0 Å². The first-order chi connectivity index (χ1) is 9.96. The number of nitrogens with two attached hydrogens (primary N) is 1. The third-order valence-corrected chi connectivity index (χ3v) is 3.56. The highest BCUT2D eigenvalue weighted by Gasteiger charge is 2.20. The van der Waals surface area contributed by atoms with Crippen LogP contribution in [0.3, 0.4) is 0 Å². The molecule has 0 aliphatic heterocycles. The van der Waals surface area contributed by atoms with E-state index in [2.05, 4.69) is 4.98 Å². The van der Waals surface area contributed by atoms with Crippen molar-refractivity contribution in [1.29, 1.82) is 0 Å². The fraction of sp³-hybridized carbons (Fsp3) is 0.643. The molecule has 7 heteroatoms. The van der Waals surface area contributed by atoms with Crippen molar-refractivity contribution in [2.45, 2.75) is 53.9 Å². The molecule has 0 radical (unpaired) electrons. The number of hydrogen-bond acceptors (Lipinski definition) is 4. The normalized spacial score (nSPS) is 11.7. The number of hydrogen-bond donors (Lipinski definition) is 1. The predicted octanol–water partition coefficient (Wildman–Crippen LogP) is 0.514. The third-order valence-electron chi connectivity index (χ3n) is 3.56. The molecule has 0 aromatic carbocycles. The number of aryl methyl sites for hydroxylation is 1. The van der Waals surface area contributed by atoms with Gasteiger partial charge in [0, 0.05) is 19.6 Å². The predicted molar refractivity (Wildman–Crippen MR) is 82.3 cm³/mol. The van der Waals surface area contributed by atoms with Crippen molar-refractivity contribution in [2.24, 2.45) is 11.7 Å². The van der Waals surface area contributed by atoms with Crippen LogP contribution in [0.5, 0.6) is 0 Å². The molecule has 0 unspecified atom stereocenters. The van der Waals surface area contributed by atoms with E-state index in [0.717, 1.165) is 0 Å². The largest absolute Gasteiger partial charge is 0.332 e. The van der Waals surface area contributed by atoms with Crippen molar-refractivity contribution >= 4 is 11.2 Å². The van der Waals surface area contributed by atoms with Crippen molar-refractivity contribution in [3.8, 4) is 0 Å². The molecule has 0 saturated carbocycles. The molecule has 0 atom stereocenters. The van der Waals surface area contributed by atoms with E-state index in [1.165, 1.54) is 4.57 Å². The first kappa shape index (κ1) is 15.5. The molecule has 2 heterocycles. The summed E-state index contributed by atoms with van der Waals surface area (Å²) in [6.07, 6.45) is 0. The molecule has 21 heavy (non-hydrogen) atoms. The summed E-state index contributed by atoms with van der Waals surface area (Å²) in [6.45, 7) is 9.50. The number of nitrogens with zero attached hydrogens (tertiary/aromatic N) is 4. The van der Waals surface area contributed by atoms with Crippen molar-refractivity contribution < 1.29 is 0 Å². The summed E-state index contributed by atoms with van der Waals surface area (Å²) in [4.78, 5) is 29.5. The van der Waals surface area contributed by atoms with Crippen LogP contribution in [0.1, 0.15) is 33.5 Å². The molecule has 0 amide bonds. The molecule has 116 valence electrons. The first-order valence-electron chi connectivity index (χ1n) is 7.38. The molecule has 0 spiro atoms. The highest BCUT2D eigenvalue weighted by molar-refractivity contribution is 5.71. The lowest BCUT2D eigenvalue weighted by atomic mass is 10.2. The number of rotatable bonds is 5. The van der Waals surface area contributed by atoms with Crippen LogP contribution in [-0.4, -0.2) is 18.7 Å². The van der Waals surface area contributed by atoms with Crippen LogP contribution in [0.2, 0.25) is 0 Å². The van der Waals surface area contributed by atoms with Crippen LogP contribution in [0.25, 0.3) is 11.2 Å². The van der Waals surface area contributed by atoms with Crippen molar-refractivity contribution in [1.82, 2.24) is 18.7 Å². The Labute approximate surface area is 123 Å². The molecule has 2 aromatic rings. The van der Waals surface area contributed by atoms with Gasteiger partial charge in [0.25, 0.3) is 5.56 Å². The van der Waals surface area contributed by atoms with Gasteiger partial charge in [-0.1, -0.05) is 13.8 Å². The molecule has 0 bridgehead atoms. The molecular weight excluding hydrogens is 270 g/mol. The average Bonchev–Trinajstić information content (AvgIpc) is 2.82. The Balaban J connectivity index is 2.98. The van der Waals surface area contributed by atoms with E-state index in [1.807, 2.05) is 20.8 Å². The fourth-order valence-corrected chi connectivity index (χ4v) is 2.64. The van der Waals surface area contributed by atoms with Gasteiger partial charge in [0.1, 0.15) is 5.82 Å². The lowest BCUT2D eigenvalue weighted by Crippen LogP contribution is -2.40. The maximum absolute atomic E-state index is 12.6. The van der Waals surface area contributed by atoms with Gasteiger partial charge in [-0.15, -0.1) is 0 Å². The Morgan fingerprint density at radius 2 is 1.71 bits per heavy atom. The Bertz CT molecular complexity index is 766. The zero-order valence-electron chi connectivity index (χ0n) is 13.1. The third kappa shape index (κ3) is 2.42. The smallest absolute Gasteiger partial charge is 0.324 e. The quantitative estimate of drug-likeness (QED) is 0.870. The van der Waals surface area contributed by atoms with E-state index < -0.39 is 0 Å². The van der Waals surface area contributed by atoms with Gasteiger partial charge in [-0.25, -0.2) is 9.78 Å². The first-order valence-corrected chi connectivity index (χ1v) is 7.38. The van der Waals surface area contributed by atoms with E-state index in [-0.39, 0.29) is 23.7 Å². The highest BCUT2D eigenvalue weighted by atomic mass is 16.2. The second-order valence-corrected chi connectivity index (χ2v) is 5.49. The maximum Gasteiger partial charge on any atom is 0.332 e. The summed E-state index contributed by atoms with van der Waals surface area (Å²) in [5, 5.41) is 0. The van der Waals surface area contributed by atoms with Gasteiger partial charge >= 0.3 is 5.69 Å². The molecule has 0 fully saturated rings. The van der Waals surface area contributed by atoms with E-state index in [9.17, 15) is 9.59 Å². The molecular formula is C14H23N5O2. The minimum atomic E-state index is -0.298. The Morgan fingerprint density at radius 1 is 1.10 bits per heavy atom. The monoisotopic (exact) mass is 293 g/mol. The van der Waals surface area contributed by atoms with E-state index in [0.29, 0.717) is 36.6 Å². The molecule has 2 rings (SSSR count). The fourth-order valence-electron chi connectivity index (χ4n) is 2.64. The Hall–Kier alpha value is -1.89. The van der Waals surface area contributed by atoms with Gasteiger partial charge < -0.3 is 10.3 Å². The summed E-state index contributed by atoms with van der Waals surface area (Å²) < 4.78 is 4.66. The number of fused-ring (bicyclic) bond motifs is 1. The zero-order chi connectivity index (χ0) is 15.7. The molecule has 7 nitrogen and oxygen atoms in total. The summed E-state index contributed by atoms with van der Waals surface area (Å²) in [6, 6.07) is 0. The second-order valence-electron chi connectivity index (χ2n) is 5.49. The van der Waals surface area contributed by atoms with Crippen LogP contribution < -0.4 is 17.0 Å². The van der Waals surface area contributed by atoms with Gasteiger partial charge in [0.15, 0.2) is 11.2 Å². The molecule has 0 saturated heterocycles. The maximum atomic E-state index is 12.6. The van der Waals surface area contributed by atoms with Crippen molar-refractivity contribution in [3.63, 3.8) is 0 Å². The summed E-state index contributed by atoms with van der Waals surface area (Å²) in [7, 11) is 0. The minimum absolute atomic E-state index is 0.240. The lowest BCUT2D eigenvalue weighted by molar-refractivity contribution is 0.491. The van der Waals surface area contributed by atoms with Gasteiger partial charge in [0.05, 0.1) is 6.54 Å². The van der Waals surface area contributed by atoms with Gasteiger partial charge in [0.2, 0.25) is 0 Å². The standard InChI is InChI=1S/C14H23N5O2/c1-5-17-10(7-15)16-12-11(17)13(20)18(6-2)14(21)19(12)8-9(3)4/h9H,5-8,15H2,1-4H3. The summed E-state index contributed by atoms with van der Waals surface area (Å²) in [5.41, 5.74) is 6.06. The van der Waals surface area contributed by atoms with E-state index in [4.69, 9.17) is 5.73 Å². The highest BCUT2D eigenvalue weighted by Crippen LogP contribution is 2.12. The number of aromatic nitrogens is 4. The topological polar surface area (TPSA) is 87.8 Å². The van der Waals surface area contributed by atoms with Gasteiger partial charge in [-0.2, -0.15) is 0 Å². The van der Waals surface area contributed by atoms with Crippen molar-refractivity contribution in [3.05, 3.63) is 26.7 Å². The Kier molecular flexibility index (Phi) is 4.32. The summed E-state index contributed by atoms with van der Waals surface area (Å²) >= 11 is 0. The second kappa shape index (κ2) is 5.85. The molecule has 2 aromatic heterocycles. The van der Waals surface area contributed by atoms with E-state index in [1.54, 1.807) is 16.1 Å². The van der Waals surface area contributed by atoms with Crippen LogP contribution >= 0.6 is 0 Å². The van der Waals surface area contributed by atoms with Crippen LogP contribution in [0.15, 0.2) is 9.59 Å². The molecule has 0 aliphatic rings. The minimum Gasteiger partial charge on any atom is -0.324 e. The molecule has 0 aliphatic carbocycles. The van der Waals surface area contributed by atoms with Gasteiger partial charge in [-0.3, -0.25) is 13.9 Å². The van der Waals surface area contributed by atoms with Gasteiger partial charge in [-0.05, 0) is 19.8 Å². The lowest BCUT2D eigenvalue weighted by Gasteiger charge is -2.12. The zero-order valence-corrected chi connectivity index (χ0v) is 13.1. The van der Waals surface area contributed by atoms with Crippen LogP contribution in [-0.2, 0) is 26.2 Å². The summed E-state index contributed by atoms with van der Waals surface area (Å²) in [5.74, 6) is 0.914. The number of imidazole rings is 1.